The van der Waals surface area contributed by atoms with Gasteiger partial charge in [-0.15, -0.1) is 0 Å². The van der Waals surface area contributed by atoms with Gasteiger partial charge in [-0.25, -0.2) is 0 Å². The number of halogens is 4. The van der Waals surface area contributed by atoms with Gasteiger partial charge in [0.15, 0.2) is 0 Å². The number of methoxy groups -OCH3 is 1. The van der Waals surface area contributed by atoms with Gasteiger partial charge < -0.3 is 35.3 Å². The average molecular weight is 664 g/mol. The maximum absolute atomic E-state index is 14.7. The number of carboxylic acid groups (broad SMARTS) is 1. The Hall–Kier alpha value is -3.81. The lowest BCUT2D eigenvalue weighted by Crippen LogP contribution is -2.46. The molecule has 3 heterocycles. The number of aliphatic carboxylic acids is 1. The van der Waals surface area contributed by atoms with Crippen molar-refractivity contribution < 1.29 is 37.3 Å². The second-order valence-corrected chi connectivity index (χ2v) is 12.1. The van der Waals surface area contributed by atoms with E-state index in [4.69, 9.17) is 31.5 Å². The van der Waals surface area contributed by atoms with E-state index in [-0.39, 0.29) is 46.0 Å². The van der Waals surface area contributed by atoms with Crippen LogP contribution < -0.4 is 25.4 Å². The summed E-state index contributed by atoms with van der Waals surface area (Å²) in [4.78, 5) is 21.9. The molecule has 3 aromatic rings. The zero-order valence-electron chi connectivity index (χ0n) is 25.5. The van der Waals surface area contributed by atoms with Crippen molar-refractivity contribution in [3.63, 3.8) is 0 Å². The minimum Gasteiger partial charge on any atom is -0.491 e. The molecule has 2 fully saturated rings. The van der Waals surface area contributed by atoms with Gasteiger partial charge >= 0.3 is 12.1 Å². The maximum Gasteiger partial charge on any atom is 0.429 e. The van der Waals surface area contributed by atoms with E-state index in [1.807, 2.05) is 11.8 Å². The first-order valence-corrected chi connectivity index (χ1v) is 15.4. The van der Waals surface area contributed by atoms with E-state index in [0.29, 0.717) is 56.1 Å². The third-order valence-corrected chi connectivity index (χ3v) is 9.02. The van der Waals surface area contributed by atoms with Gasteiger partial charge in [-0.05, 0) is 66.5 Å². The van der Waals surface area contributed by atoms with Crippen molar-refractivity contribution in [1.82, 2.24) is 15.3 Å². The monoisotopic (exact) mass is 663 g/mol. The third kappa shape index (κ3) is 7.42. The molecule has 5 rings (SSSR count). The summed E-state index contributed by atoms with van der Waals surface area (Å²) in [5, 5.41) is 13.1. The fraction of sp³-hybridized carbons (Fsp3) is 0.469. The van der Waals surface area contributed by atoms with Gasteiger partial charge in [0.2, 0.25) is 17.9 Å². The van der Waals surface area contributed by atoms with E-state index in [9.17, 15) is 23.1 Å². The molecular formula is C32H37ClF3N5O5. The summed E-state index contributed by atoms with van der Waals surface area (Å²) in [6.07, 6.45) is -4.55. The highest BCUT2D eigenvalue weighted by atomic mass is 35.5. The van der Waals surface area contributed by atoms with Crippen LogP contribution in [-0.2, 0) is 9.53 Å². The predicted octanol–water partition coefficient (Wildman–Crippen LogP) is 5.90. The van der Waals surface area contributed by atoms with Crippen LogP contribution in [0.25, 0.3) is 11.1 Å². The van der Waals surface area contributed by atoms with Crippen molar-refractivity contribution in [2.75, 3.05) is 44.0 Å². The van der Waals surface area contributed by atoms with Crippen LogP contribution in [0.4, 0.5) is 24.9 Å². The van der Waals surface area contributed by atoms with Crippen molar-refractivity contribution in [1.29, 1.82) is 0 Å². The van der Waals surface area contributed by atoms with Crippen molar-refractivity contribution >= 4 is 29.3 Å². The Morgan fingerprint density at radius 2 is 1.93 bits per heavy atom. The molecule has 2 aromatic carbocycles. The molecule has 4 N–H and O–H groups in total. The van der Waals surface area contributed by atoms with E-state index in [1.165, 1.54) is 24.3 Å². The van der Waals surface area contributed by atoms with Crippen molar-refractivity contribution in [2.24, 2.45) is 5.41 Å². The molecule has 2 aliphatic rings. The summed E-state index contributed by atoms with van der Waals surface area (Å²) in [5.74, 6) is -0.634. The van der Waals surface area contributed by atoms with E-state index >= 15 is 0 Å². The maximum atomic E-state index is 14.7. The number of carbonyl (C=O) groups is 1. The highest BCUT2D eigenvalue weighted by molar-refractivity contribution is 6.30. The van der Waals surface area contributed by atoms with Crippen molar-refractivity contribution in [3.8, 4) is 22.8 Å². The van der Waals surface area contributed by atoms with Gasteiger partial charge in [-0.2, -0.15) is 23.1 Å². The van der Waals surface area contributed by atoms with Crippen molar-refractivity contribution in [2.45, 2.75) is 57.0 Å². The number of piperidine rings is 1. The van der Waals surface area contributed by atoms with Gasteiger partial charge in [0.1, 0.15) is 24.2 Å². The number of benzene rings is 2. The molecule has 0 aliphatic carbocycles. The first-order valence-electron chi connectivity index (χ1n) is 15.1. The lowest BCUT2D eigenvalue weighted by molar-refractivity contribution is -0.198. The van der Waals surface area contributed by atoms with E-state index in [1.54, 1.807) is 31.4 Å². The number of carboxylic acids is 1. The lowest BCUT2D eigenvalue weighted by Gasteiger charge is -2.43. The van der Waals surface area contributed by atoms with Gasteiger partial charge in [-0.3, -0.25) is 4.79 Å². The summed E-state index contributed by atoms with van der Waals surface area (Å²) in [7, 11) is 1.54. The Morgan fingerprint density at radius 3 is 2.61 bits per heavy atom. The number of ether oxygens (including phenoxy) is 3. The summed E-state index contributed by atoms with van der Waals surface area (Å²) >= 11 is 6.26. The molecule has 248 valence electrons. The zero-order valence-corrected chi connectivity index (χ0v) is 26.3. The van der Waals surface area contributed by atoms with Crippen LogP contribution in [0.2, 0.25) is 5.02 Å². The van der Waals surface area contributed by atoms with E-state index in [2.05, 4.69) is 15.3 Å². The normalized spacial score (nSPS) is 20.1. The summed E-state index contributed by atoms with van der Waals surface area (Å²) < 4.78 is 60.5. The molecule has 0 amide bonds. The van der Waals surface area contributed by atoms with Crippen LogP contribution in [0.5, 0.6) is 11.6 Å². The molecule has 0 saturated carbocycles. The quantitative estimate of drug-likeness (QED) is 0.213. The number of rotatable bonds is 11. The molecule has 3 atom stereocenters. The largest absolute Gasteiger partial charge is 0.491 e. The number of nitrogens with two attached hydrogens (primary N) is 1. The molecule has 1 aromatic heterocycles. The summed E-state index contributed by atoms with van der Waals surface area (Å²) in [5.41, 5.74) is 6.29. The Labute approximate surface area is 270 Å². The fourth-order valence-electron chi connectivity index (χ4n) is 6.55. The van der Waals surface area contributed by atoms with Crippen molar-refractivity contribution in [3.05, 3.63) is 59.1 Å². The predicted molar refractivity (Wildman–Crippen MR) is 167 cm³/mol. The second kappa shape index (κ2) is 13.9. The first-order chi connectivity index (χ1) is 21.9. The number of hydrogen-bond acceptors (Lipinski definition) is 9. The van der Waals surface area contributed by atoms with Crippen LogP contribution in [0.1, 0.15) is 44.3 Å². The molecule has 2 unspecified atom stereocenters. The number of hydrogen-bond donors (Lipinski definition) is 3. The number of nitrogen functional groups attached to an aromatic ring is 1. The SMILES string of the molecule is CCC1NC(C(=O)O)CC12CCN(c1cc(O[C@H](c3ccc(Cl)cc3-c3cccc(OCCOC)c3)C(F)(F)F)nc(N)n1)CC2. The average Bonchev–Trinajstić information content (AvgIpc) is 3.38. The fourth-order valence-corrected chi connectivity index (χ4v) is 6.73. The highest BCUT2D eigenvalue weighted by Crippen LogP contribution is 2.46. The second-order valence-electron chi connectivity index (χ2n) is 11.6. The first kappa shape index (κ1) is 33.6. The summed E-state index contributed by atoms with van der Waals surface area (Å²) in [6.45, 7) is 3.69. The van der Waals surface area contributed by atoms with E-state index < -0.39 is 24.3 Å². The molecule has 46 heavy (non-hydrogen) atoms. The number of aromatic nitrogens is 2. The molecule has 14 heteroatoms. The molecular weight excluding hydrogens is 627 g/mol. The lowest BCUT2D eigenvalue weighted by atomic mass is 9.71. The highest BCUT2D eigenvalue weighted by Gasteiger charge is 2.50. The number of alkyl halides is 3. The van der Waals surface area contributed by atoms with Gasteiger partial charge in [0.25, 0.3) is 0 Å². The Kier molecular flexibility index (Phi) is 10.1. The molecule has 2 saturated heterocycles. The van der Waals surface area contributed by atoms with Crippen LogP contribution in [-0.4, -0.2) is 72.7 Å². The van der Waals surface area contributed by atoms with E-state index in [0.717, 1.165) is 6.42 Å². The number of anilines is 2. The third-order valence-electron chi connectivity index (χ3n) is 8.78. The Bertz CT molecular complexity index is 1540. The zero-order chi connectivity index (χ0) is 33.1. The molecule has 1 spiro atoms. The van der Waals surface area contributed by atoms with Crippen LogP contribution in [0, 0.1) is 5.41 Å². The van der Waals surface area contributed by atoms with Crippen LogP contribution in [0.3, 0.4) is 0 Å². The minimum absolute atomic E-state index is 0.0591. The number of nitrogens with zero attached hydrogens (tertiary/aromatic N) is 3. The minimum atomic E-state index is -4.84. The molecule has 0 bridgehead atoms. The molecule has 0 radical (unpaired) electrons. The standard InChI is InChI=1S/C32H37ClF3N5O5/c1-3-25-31(18-24(38-25)29(42)43)9-11-41(12-10-31)26-17-27(40-30(37)39-26)46-28(32(34,35)36)22-8-7-20(33)16-23(22)19-5-4-6-21(15-19)45-14-13-44-2/h4-8,15-17,24-25,28,38H,3,9-14,18H2,1-2H3,(H,42,43)(H2,37,39,40)/t24?,25?,28-/m1/s1. The Morgan fingerprint density at radius 1 is 1.17 bits per heavy atom. The Balaban J connectivity index is 1.40. The molecule has 2 aliphatic heterocycles. The molecule has 10 nitrogen and oxygen atoms in total. The number of nitrogens with one attached hydrogen (secondary N) is 1. The van der Waals surface area contributed by atoms with Gasteiger partial charge in [0.05, 0.1) is 6.61 Å². The topological polar surface area (TPSA) is 132 Å². The van der Waals surface area contributed by atoms with Gasteiger partial charge in [-0.1, -0.05) is 36.7 Å². The summed E-state index contributed by atoms with van der Waals surface area (Å²) in [6, 6.07) is 11.6. The smallest absolute Gasteiger partial charge is 0.429 e. The van der Waals surface area contributed by atoms with Crippen LogP contribution >= 0.6 is 11.6 Å². The van der Waals surface area contributed by atoms with Gasteiger partial charge in [0, 0.05) is 42.9 Å². The van der Waals surface area contributed by atoms with Crippen LogP contribution in [0.15, 0.2) is 48.5 Å².